The van der Waals surface area contributed by atoms with Crippen molar-refractivity contribution in [3.05, 3.63) is 75.9 Å². The van der Waals surface area contributed by atoms with Crippen molar-refractivity contribution in [1.29, 1.82) is 0 Å². The molecule has 0 unspecified atom stereocenters. The van der Waals surface area contributed by atoms with Crippen LogP contribution in [0, 0.1) is 0 Å². The van der Waals surface area contributed by atoms with E-state index in [0.717, 1.165) is 6.42 Å². The second-order valence-electron chi connectivity index (χ2n) is 4.01. The van der Waals surface area contributed by atoms with Gasteiger partial charge in [0.05, 0.1) is 6.10 Å². The van der Waals surface area contributed by atoms with Gasteiger partial charge in [-0.15, -0.1) is 32.9 Å². The van der Waals surface area contributed by atoms with E-state index >= 15 is 0 Å². The molecule has 0 amide bonds. The molecule has 0 spiro atoms. The van der Waals surface area contributed by atoms with Crippen molar-refractivity contribution in [1.82, 2.24) is 0 Å². The molecule has 0 aromatic rings. The predicted molar refractivity (Wildman–Crippen MR) is 118 cm³/mol. The van der Waals surface area contributed by atoms with E-state index in [-0.39, 0.29) is 19.1 Å². The van der Waals surface area contributed by atoms with Crippen molar-refractivity contribution >= 4 is 5.97 Å². The summed E-state index contributed by atoms with van der Waals surface area (Å²) in [6.07, 6.45) is 12.0. The largest absolute Gasteiger partial charge is 0.481 e. The lowest BCUT2D eigenvalue weighted by Gasteiger charge is -1.87. The van der Waals surface area contributed by atoms with Gasteiger partial charge in [-0.3, -0.25) is 4.79 Å². The van der Waals surface area contributed by atoms with Crippen LogP contribution in [0.5, 0.6) is 0 Å². The van der Waals surface area contributed by atoms with Crippen LogP contribution in [-0.2, 0) is 4.79 Å². The summed E-state index contributed by atoms with van der Waals surface area (Å²) in [4.78, 5) is 9.37. The SMILES string of the molecule is C=C.C=C/C=C/[C@H](C)O.C=CC.C=CCC.C=CCCO.CCC(=O)O. The van der Waals surface area contributed by atoms with E-state index in [4.69, 9.17) is 15.3 Å². The molecule has 0 aliphatic carbocycles. The summed E-state index contributed by atoms with van der Waals surface area (Å²) in [6, 6.07) is 0. The number of hydrogen-bond donors (Lipinski definition) is 3. The predicted octanol–water partition coefficient (Wildman–Crippen LogP) is 5.72. The summed E-state index contributed by atoms with van der Waals surface area (Å²) in [5.74, 6) is -0.745. The standard InChI is InChI=1S/C6H10O.C4H8O.C4H8.C3H6O2.C3H6.C2H4/c1-3-4-5-6(2)7;1-2-3-4-5;1-3-4-2;1-2-3(4)5;1-3-2;1-2/h3-7H,1H2,2H3;2,5H,1,3-4H2;3H,1,4H2,2H3;2H2,1H3,(H,4,5);3H,1H2,2H3;1-2H2/b5-4+;;;;;/t6-;;;;;/m0...../s1. The molecule has 0 fully saturated rings. The topological polar surface area (TPSA) is 77.8 Å². The maximum Gasteiger partial charge on any atom is 0.303 e. The minimum Gasteiger partial charge on any atom is -0.481 e. The number of aliphatic hydroxyl groups is 2. The molecule has 1 atom stereocenters. The molecule has 0 radical (unpaired) electrons. The molecule has 0 saturated carbocycles. The van der Waals surface area contributed by atoms with E-state index in [2.05, 4.69) is 46.4 Å². The molecule has 0 heterocycles. The highest BCUT2D eigenvalue weighted by Crippen LogP contribution is 1.80. The van der Waals surface area contributed by atoms with Crippen LogP contribution in [0.25, 0.3) is 0 Å². The average molecular weight is 371 g/mol. The van der Waals surface area contributed by atoms with Gasteiger partial charge in [-0.05, 0) is 26.7 Å². The lowest BCUT2D eigenvalue weighted by Crippen LogP contribution is -1.90. The molecular weight excluding hydrogens is 328 g/mol. The fourth-order valence-electron chi connectivity index (χ4n) is 0.331. The molecule has 4 heteroatoms. The summed E-state index contributed by atoms with van der Waals surface area (Å²) in [7, 11) is 0. The first-order valence-electron chi connectivity index (χ1n) is 8.37. The Kier molecular flexibility index (Phi) is 85.5. The smallest absolute Gasteiger partial charge is 0.303 e. The van der Waals surface area contributed by atoms with Crippen LogP contribution in [0.1, 0.15) is 47.0 Å². The zero-order chi connectivity index (χ0) is 22.2. The summed E-state index contributed by atoms with van der Waals surface area (Å²) < 4.78 is 0. The number of carboxylic acids is 1. The van der Waals surface area contributed by atoms with Gasteiger partial charge in [0.1, 0.15) is 0 Å². The van der Waals surface area contributed by atoms with Crippen LogP contribution in [0.2, 0.25) is 0 Å². The quantitative estimate of drug-likeness (QED) is 0.412. The Morgan fingerprint density at radius 1 is 1.08 bits per heavy atom. The van der Waals surface area contributed by atoms with Gasteiger partial charge >= 0.3 is 5.97 Å². The van der Waals surface area contributed by atoms with Gasteiger partial charge < -0.3 is 15.3 Å². The summed E-state index contributed by atoms with van der Waals surface area (Å²) in [5, 5.41) is 24.3. The van der Waals surface area contributed by atoms with Crippen molar-refractivity contribution in [3.63, 3.8) is 0 Å². The second-order valence-corrected chi connectivity index (χ2v) is 4.01. The third-order valence-corrected chi connectivity index (χ3v) is 1.45. The third kappa shape index (κ3) is 203. The highest BCUT2D eigenvalue weighted by Gasteiger charge is 1.81. The molecule has 0 saturated heterocycles. The van der Waals surface area contributed by atoms with Crippen molar-refractivity contribution < 1.29 is 20.1 Å². The number of aliphatic hydroxyl groups excluding tert-OH is 2. The van der Waals surface area contributed by atoms with E-state index < -0.39 is 5.97 Å². The van der Waals surface area contributed by atoms with E-state index in [9.17, 15) is 4.79 Å². The van der Waals surface area contributed by atoms with Crippen molar-refractivity contribution in [2.24, 2.45) is 0 Å². The van der Waals surface area contributed by atoms with Crippen molar-refractivity contribution in [2.75, 3.05) is 6.61 Å². The zero-order valence-corrected chi connectivity index (χ0v) is 17.4. The van der Waals surface area contributed by atoms with Gasteiger partial charge in [-0.1, -0.05) is 56.9 Å². The highest BCUT2D eigenvalue weighted by molar-refractivity contribution is 5.66. The van der Waals surface area contributed by atoms with Gasteiger partial charge in [0.25, 0.3) is 0 Å². The minimum absolute atomic E-state index is 0.222. The van der Waals surface area contributed by atoms with Crippen LogP contribution in [0.4, 0.5) is 0 Å². The normalized spacial score (nSPS) is 8.38. The Labute approximate surface area is 162 Å². The molecule has 26 heavy (non-hydrogen) atoms. The first-order valence-corrected chi connectivity index (χ1v) is 8.37. The van der Waals surface area contributed by atoms with Crippen LogP contribution >= 0.6 is 0 Å². The fourth-order valence-corrected chi connectivity index (χ4v) is 0.331. The number of rotatable bonds is 6. The molecular formula is C22H42O4. The van der Waals surface area contributed by atoms with Gasteiger partial charge in [-0.25, -0.2) is 0 Å². The Bertz CT molecular complexity index is 305. The number of aliphatic carboxylic acids is 1. The third-order valence-electron chi connectivity index (χ3n) is 1.45. The first-order chi connectivity index (χ1) is 12.3. The molecule has 0 bridgehead atoms. The van der Waals surface area contributed by atoms with Crippen molar-refractivity contribution in [3.8, 4) is 0 Å². The van der Waals surface area contributed by atoms with Crippen molar-refractivity contribution in [2.45, 2.75) is 53.1 Å². The Morgan fingerprint density at radius 2 is 1.42 bits per heavy atom. The molecule has 0 rings (SSSR count). The minimum atomic E-state index is -0.745. The molecule has 0 aromatic carbocycles. The molecule has 3 N–H and O–H groups in total. The molecule has 4 nitrogen and oxygen atoms in total. The first kappa shape index (κ1) is 39.1. The van der Waals surface area contributed by atoms with Crippen LogP contribution in [0.15, 0.2) is 75.9 Å². The summed E-state index contributed by atoms with van der Waals surface area (Å²) in [6.45, 7) is 27.1. The zero-order valence-electron chi connectivity index (χ0n) is 17.4. The average Bonchev–Trinajstić information content (AvgIpc) is 2.64. The highest BCUT2D eigenvalue weighted by atomic mass is 16.4. The summed E-state index contributed by atoms with van der Waals surface area (Å²) >= 11 is 0. The maximum absolute atomic E-state index is 9.37. The van der Waals surface area contributed by atoms with E-state index in [1.807, 2.05) is 13.0 Å². The van der Waals surface area contributed by atoms with E-state index in [1.165, 1.54) is 0 Å². The van der Waals surface area contributed by atoms with E-state index in [0.29, 0.717) is 6.42 Å². The Hall–Kier alpha value is -2.17. The van der Waals surface area contributed by atoms with Gasteiger partial charge in [0.2, 0.25) is 0 Å². The van der Waals surface area contributed by atoms with Gasteiger partial charge in [0, 0.05) is 13.0 Å². The fraction of sp³-hybridized carbons (Fsp3) is 0.409. The Morgan fingerprint density at radius 3 is 1.46 bits per heavy atom. The number of hydrogen-bond acceptors (Lipinski definition) is 3. The molecule has 154 valence electrons. The lowest BCUT2D eigenvalue weighted by atomic mass is 10.3. The monoisotopic (exact) mass is 370 g/mol. The van der Waals surface area contributed by atoms with Crippen LogP contribution in [0.3, 0.4) is 0 Å². The van der Waals surface area contributed by atoms with Crippen LogP contribution in [-0.4, -0.2) is 34.0 Å². The number of allylic oxidation sites excluding steroid dienone is 4. The molecule has 0 aliphatic rings. The second kappa shape index (κ2) is 56.9. The number of carboxylic acid groups (broad SMARTS) is 1. The maximum atomic E-state index is 9.37. The molecule has 0 aromatic heterocycles. The van der Waals surface area contributed by atoms with Gasteiger partial charge in [-0.2, -0.15) is 0 Å². The summed E-state index contributed by atoms with van der Waals surface area (Å²) in [5.41, 5.74) is 0. The lowest BCUT2D eigenvalue weighted by molar-refractivity contribution is -0.136. The number of carbonyl (C=O) groups is 1. The Balaban J connectivity index is -0.0000000481. The van der Waals surface area contributed by atoms with Crippen LogP contribution < -0.4 is 0 Å². The van der Waals surface area contributed by atoms with E-state index in [1.54, 1.807) is 44.2 Å². The van der Waals surface area contributed by atoms with Gasteiger partial charge in [0.15, 0.2) is 0 Å². The molecule has 0 aliphatic heterocycles.